The van der Waals surface area contributed by atoms with Gasteiger partial charge in [-0.2, -0.15) is 4.73 Å². The third kappa shape index (κ3) is 3.24. The maximum atomic E-state index is 12.0. The Kier molecular flexibility index (Phi) is 4.07. The smallest absolute Gasteiger partial charge is 0.286 e. The van der Waals surface area contributed by atoms with Crippen LogP contribution in [0, 0.1) is 12.1 Å². The van der Waals surface area contributed by atoms with E-state index in [1.807, 2.05) is 19.1 Å². The number of carbonyl (C=O) groups excluding carboxylic acids is 1. The van der Waals surface area contributed by atoms with Crippen LogP contribution in [0.3, 0.4) is 0 Å². The lowest BCUT2D eigenvalue weighted by molar-refractivity contribution is -0.603. The van der Waals surface area contributed by atoms with Crippen molar-refractivity contribution in [1.82, 2.24) is 0 Å². The molecule has 0 spiro atoms. The number of rotatable bonds is 2. The normalized spacial score (nSPS) is 10.3. The number of anilines is 1. The lowest BCUT2D eigenvalue weighted by atomic mass is 10.2. The molecule has 0 aliphatic heterocycles. The first-order valence-electron chi connectivity index (χ1n) is 5.43. The van der Waals surface area contributed by atoms with Crippen LogP contribution >= 0.6 is 27.5 Å². The Morgan fingerprint density at radius 2 is 2.11 bits per heavy atom. The van der Waals surface area contributed by atoms with Crippen LogP contribution in [-0.2, 0) is 0 Å². The molecule has 4 nitrogen and oxygen atoms in total. The van der Waals surface area contributed by atoms with Crippen molar-refractivity contribution in [1.29, 1.82) is 0 Å². The Morgan fingerprint density at radius 3 is 2.74 bits per heavy atom. The van der Waals surface area contributed by atoms with Gasteiger partial charge >= 0.3 is 0 Å². The molecule has 0 aliphatic carbocycles. The van der Waals surface area contributed by atoms with E-state index in [1.165, 1.54) is 12.1 Å². The van der Waals surface area contributed by atoms with Gasteiger partial charge in [-0.05, 0) is 48.4 Å². The minimum absolute atomic E-state index is 0.0241. The van der Waals surface area contributed by atoms with Crippen molar-refractivity contribution < 1.29 is 9.52 Å². The summed E-state index contributed by atoms with van der Waals surface area (Å²) in [6, 6.07) is 8.34. The summed E-state index contributed by atoms with van der Waals surface area (Å²) < 4.78 is 1.41. The summed E-state index contributed by atoms with van der Waals surface area (Å²) in [6.07, 6.45) is 1.14. The number of pyridine rings is 1. The summed E-state index contributed by atoms with van der Waals surface area (Å²) in [4.78, 5) is 12.0. The highest BCUT2D eigenvalue weighted by Gasteiger charge is 2.11. The van der Waals surface area contributed by atoms with Crippen LogP contribution in [-0.4, -0.2) is 5.91 Å². The Balaban J connectivity index is 2.20. The predicted octanol–water partition coefficient (Wildman–Crippen LogP) is 3.30. The standard InChI is InChI=1S/C13H10BrClN2O2/c1-8-6-10(3-4-11(8)14)16-13(18)9-2-5-12(15)17(19)7-9/h2-7H,1H3,(H,16,18). The van der Waals surface area contributed by atoms with Crippen LogP contribution in [0.4, 0.5) is 5.69 Å². The van der Waals surface area contributed by atoms with Crippen molar-refractivity contribution in [3.63, 3.8) is 0 Å². The molecule has 2 rings (SSSR count). The zero-order valence-electron chi connectivity index (χ0n) is 9.98. The van der Waals surface area contributed by atoms with Gasteiger partial charge in [0.15, 0.2) is 6.20 Å². The summed E-state index contributed by atoms with van der Waals surface area (Å²) in [5.74, 6) is -0.358. The van der Waals surface area contributed by atoms with Crippen molar-refractivity contribution in [3.8, 4) is 0 Å². The third-order valence-electron chi connectivity index (χ3n) is 2.55. The van der Waals surface area contributed by atoms with Crippen molar-refractivity contribution >= 4 is 39.1 Å². The van der Waals surface area contributed by atoms with Gasteiger partial charge < -0.3 is 10.5 Å². The summed E-state index contributed by atoms with van der Waals surface area (Å²) >= 11 is 8.98. The van der Waals surface area contributed by atoms with E-state index in [4.69, 9.17) is 11.6 Å². The Labute approximate surface area is 123 Å². The number of nitrogens with one attached hydrogen (secondary N) is 1. The first-order chi connectivity index (χ1) is 8.97. The predicted molar refractivity (Wildman–Crippen MR) is 77.2 cm³/mol. The number of benzene rings is 1. The van der Waals surface area contributed by atoms with Gasteiger partial charge in [0.1, 0.15) is 5.56 Å². The number of hydrogen-bond acceptors (Lipinski definition) is 2. The number of amides is 1. The molecule has 0 aliphatic rings. The van der Waals surface area contributed by atoms with E-state index in [1.54, 1.807) is 6.07 Å². The number of carbonyl (C=O) groups is 1. The van der Waals surface area contributed by atoms with Gasteiger partial charge in [-0.1, -0.05) is 15.9 Å². The Morgan fingerprint density at radius 1 is 1.37 bits per heavy atom. The summed E-state index contributed by atoms with van der Waals surface area (Å²) in [5.41, 5.74) is 1.92. The molecule has 0 bridgehead atoms. The molecule has 2 aromatic rings. The van der Waals surface area contributed by atoms with Crippen LogP contribution in [0.25, 0.3) is 0 Å². The molecule has 1 aromatic carbocycles. The molecule has 1 heterocycles. The highest BCUT2D eigenvalue weighted by molar-refractivity contribution is 9.10. The monoisotopic (exact) mass is 340 g/mol. The van der Waals surface area contributed by atoms with Gasteiger partial charge in [0, 0.05) is 16.2 Å². The molecule has 0 fully saturated rings. The Bertz CT molecular complexity index is 647. The first-order valence-corrected chi connectivity index (χ1v) is 6.60. The van der Waals surface area contributed by atoms with Crippen molar-refractivity contribution in [3.05, 3.63) is 62.5 Å². The van der Waals surface area contributed by atoms with Crippen LogP contribution < -0.4 is 10.0 Å². The lowest BCUT2D eigenvalue weighted by Crippen LogP contribution is -2.29. The molecule has 1 amide bonds. The summed E-state index contributed by atoms with van der Waals surface area (Å²) in [5, 5.41) is 14.0. The molecule has 1 N–H and O–H groups in total. The van der Waals surface area contributed by atoms with Crippen LogP contribution in [0.15, 0.2) is 41.0 Å². The summed E-state index contributed by atoms with van der Waals surface area (Å²) in [6.45, 7) is 1.92. The fraction of sp³-hybridized carbons (Fsp3) is 0.0769. The fourth-order valence-electron chi connectivity index (χ4n) is 1.52. The summed E-state index contributed by atoms with van der Waals surface area (Å²) in [7, 11) is 0. The van der Waals surface area contributed by atoms with E-state index in [9.17, 15) is 10.0 Å². The van der Waals surface area contributed by atoms with Gasteiger partial charge in [-0.25, -0.2) is 0 Å². The molecular weight excluding hydrogens is 332 g/mol. The van der Waals surface area contributed by atoms with E-state index in [2.05, 4.69) is 21.2 Å². The molecule has 98 valence electrons. The molecule has 19 heavy (non-hydrogen) atoms. The average molecular weight is 342 g/mol. The quantitative estimate of drug-likeness (QED) is 0.518. The zero-order valence-corrected chi connectivity index (χ0v) is 12.3. The number of aryl methyl sites for hydroxylation is 1. The number of aromatic nitrogens is 1. The maximum absolute atomic E-state index is 12.0. The SMILES string of the molecule is Cc1cc(NC(=O)c2ccc(Cl)[n+]([O-])c2)ccc1Br. The van der Waals surface area contributed by atoms with E-state index >= 15 is 0 Å². The largest absolute Gasteiger partial charge is 0.618 e. The van der Waals surface area contributed by atoms with E-state index < -0.39 is 0 Å². The fourth-order valence-corrected chi connectivity index (χ4v) is 1.88. The number of nitrogens with zero attached hydrogens (tertiary/aromatic N) is 1. The minimum atomic E-state index is -0.358. The van der Waals surface area contributed by atoms with Gasteiger partial charge in [0.05, 0.1) is 0 Å². The van der Waals surface area contributed by atoms with Gasteiger partial charge in [-0.3, -0.25) is 4.79 Å². The average Bonchev–Trinajstić information content (AvgIpc) is 2.37. The molecular formula is C13H10BrClN2O2. The van der Waals surface area contributed by atoms with Crippen LogP contribution in [0.1, 0.15) is 15.9 Å². The van der Waals surface area contributed by atoms with Crippen LogP contribution in [0.5, 0.6) is 0 Å². The van der Waals surface area contributed by atoms with Crippen LogP contribution in [0.2, 0.25) is 5.15 Å². The van der Waals surface area contributed by atoms with Gasteiger partial charge in [0.2, 0.25) is 0 Å². The van der Waals surface area contributed by atoms with Crippen molar-refractivity contribution in [2.24, 2.45) is 0 Å². The molecule has 0 saturated heterocycles. The first kappa shape index (κ1) is 13.8. The molecule has 0 radical (unpaired) electrons. The molecule has 6 heteroatoms. The number of halogens is 2. The van der Waals surface area contributed by atoms with Crippen molar-refractivity contribution in [2.75, 3.05) is 5.32 Å². The second-order valence-electron chi connectivity index (χ2n) is 3.98. The van der Waals surface area contributed by atoms with E-state index in [0.29, 0.717) is 10.4 Å². The topological polar surface area (TPSA) is 56.0 Å². The molecule has 0 saturated carbocycles. The van der Waals surface area contributed by atoms with E-state index in [-0.39, 0.29) is 16.6 Å². The van der Waals surface area contributed by atoms with Gasteiger partial charge in [0.25, 0.3) is 11.1 Å². The van der Waals surface area contributed by atoms with Crippen molar-refractivity contribution in [2.45, 2.75) is 6.92 Å². The molecule has 0 unspecified atom stereocenters. The highest BCUT2D eigenvalue weighted by atomic mass is 79.9. The second-order valence-corrected chi connectivity index (χ2v) is 5.23. The number of hydrogen-bond donors (Lipinski definition) is 1. The maximum Gasteiger partial charge on any atom is 0.286 e. The Hall–Kier alpha value is -1.59. The third-order valence-corrected chi connectivity index (χ3v) is 3.73. The lowest BCUT2D eigenvalue weighted by Gasteiger charge is -2.07. The molecule has 0 atom stereocenters. The molecule has 1 aromatic heterocycles. The zero-order chi connectivity index (χ0) is 14.0. The highest BCUT2D eigenvalue weighted by Crippen LogP contribution is 2.20. The van der Waals surface area contributed by atoms with Gasteiger partial charge in [-0.15, -0.1) is 0 Å². The minimum Gasteiger partial charge on any atom is -0.618 e. The second kappa shape index (κ2) is 5.59. The van der Waals surface area contributed by atoms with E-state index in [0.717, 1.165) is 16.2 Å².